The van der Waals surface area contributed by atoms with Gasteiger partial charge in [-0.2, -0.15) is 0 Å². The molecule has 2 aliphatic carbocycles. The predicted octanol–water partition coefficient (Wildman–Crippen LogP) is 14.8. The third-order valence-electron chi connectivity index (χ3n) is 13.1. The Kier molecular flexibility index (Phi) is 9.14. The molecule has 0 aromatic heterocycles. The summed E-state index contributed by atoms with van der Waals surface area (Å²) in [4.78, 5) is 2.35. The minimum Gasteiger partial charge on any atom is -0.497 e. The lowest BCUT2D eigenvalue weighted by molar-refractivity contribution is 0.415. The fourth-order valence-electron chi connectivity index (χ4n) is 10.4. The van der Waals surface area contributed by atoms with Crippen molar-refractivity contribution in [3.8, 4) is 28.0 Å². The summed E-state index contributed by atoms with van der Waals surface area (Å²) in [6.45, 7) is 4.71. The second kappa shape index (κ2) is 14.8. The SMILES string of the molecule is CCC1(CC)c2cc(/C=C/c3cccc4c3-c3ccccc3C4(c3ccccc3)c3ccccc3)ccc2-c2ccc(N(c3ccccc3)c3ccc(OC)cc3)cc21. The topological polar surface area (TPSA) is 12.5 Å². The largest absolute Gasteiger partial charge is 0.497 e. The number of fused-ring (bicyclic) bond motifs is 6. The number of anilines is 3. The van der Waals surface area contributed by atoms with Crippen LogP contribution in [0.25, 0.3) is 34.4 Å². The highest BCUT2D eigenvalue weighted by atomic mass is 16.5. The Labute approximate surface area is 348 Å². The van der Waals surface area contributed by atoms with Gasteiger partial charge in [0.2, 0.25) is 0 Å². The van der Waals surface area contributed by atoms with Crippen LogP contribution in [0.15, 0.2) is 194 Å². The molecule has 0 atom stereocenters. The predicted molar refractivity (Wildman–Crippen MR) is 247 cm³/mol. The lowest BCUT2D eigenvalue weighted by Gasteiger charge is -2.33. The summed E-state index contributed by atoms with van der Waals surface area (Å²) >= 11 is 0. The average molecular weight is 762 g/mol. The molecule has 0 N–H and O–H groups in total. The molecule has 0 aliphatic heterocycles. The highest BCUT2D eigenvalue weighted by Crippen LogP contribution is 2.58. The Bertz CT molecular complexity index is 2780. The van der Waals surface area contributed by atoms with Gasteiger partial charge >= 0.3 is 0 Å². The van der Waals surface area contributed by atoms with Crippen LogP contribution in [0.1, 0.15) is 71.2 Å². The van der Waals surface area contributed by atoms with Crippen molar-refractivity contribution in [1.29, 1.82) is 0 Å². The van der Waals surface area contributed by atoms with Gasteiger partial charge in [-0.15, -0.1) is 0 Å². The Hall–Kier alpha value is -6.90. The van der Waals surface area contributed by atoms with Crippen LogP contribution >= 0.6 is 0 Å². The van der Waals surface area contributed by atoms with Crippen LogP contribution in [0.5, 0.6) is 5.75 Å². The van der Waals surface area contributed by atoms with Crippen molar-refractivity contribution >= 4 is 29.2 Å². The minimum atomic E-state index is -0.415. The highest BCUT2D eigenvalue weighted by molar-refractivity contribution is 5.93. The van der Waals surface area contributed by atoms with Crippen molar-refractivity contribution in [3.63, 3.8) is 0 Å². The molecule has 2 nitrogen and oxygen atoms in total. The maximum Gasteiger partial charge on any atom is 0.119 e. The lowest BCUT2D eigenvalue weighted by atomic mass is 9.67. The van der Waals surface area contributed by atoms with E-state index in [1.807, 2.05) is 12.1 Å². The standard InChI is InChI=1S/C57H47NO/c1-4-56(5-2)53-38-40(29-36-48(53)49-37-33-46(39-54(49)56)58(44-23-13-8-14-24-44)45-31-34-47(59-3)35-32-45)28-30-41-18-17-27-52-55(41)50-25-15-16-26-51(50)57(52,42-19-9-6-10-20-42)43-21-11-7-12-22-43/h6-39H,4-5H2,1-3H3/b30-28+. The number of hydrogen-bond acceptors (Lipinski definition) is 2. The molecule has 2 aliphatic rings. The van der Waals surface area contributed by atoms with Crippen LogP contribution in [-0.2, 0) is 10.8 Å². The lowest BCUT2D eigenvalue weighted by Crippen LogP contribution is -2.28. The van der Waals surface area contributed by atoms with Gasteiger partial charge < -0.3 is 9.64 Å². The van der Waals surface area contributed by atoms with Crippen LogP contribution in [0.2, 0.25) is 0 Å². The van der Waals surface area contributed by atoms with Crippen molar-refractivity contribution in [2.75, 3.05) is 12.0 Å². The Balaban J connectivity index is 1.06. The zero-order valence-electron chi connectivity index (χ0n) is 33.9. The number of rotatable bonds is 10. The van der Waals surface area contributed by atoms with E-state index in [-0.39, 0.29) is 5.41 Å². The molecule has 59 heavy (non-hydrogen) atoms. The molecule has 0 bridgehead atoms. The summed E-state index contributed by atoms with van der Waals surface area (Å²) in [5, 5.41) is 0. The summed E-state index contributed by atoms with van der Waals surface area (Å²) in [5.74, 6) is 0.848. The third-order valence-corrected chi connectivity index (χ3v) is 13.1. The molecule has 0 unspecified atom stereocenters. The van der Waals surface area contributed by atoms with Crippen LogP contribution in [0, 0.1) is 0 Å². The zero-order valence-corrected chi connectivity index (χ0v) is 33.9. The molecule has 286 valence electrons. The second-order valence-electron chi connectivity index (χ2n) is 15.8. The number of benzene rings is 8. The molecule has 0 saturated carbocycles. The quantitative estimate of drug-likeness (QED) is 0.129. The fraction of sp³-hybridized carbons (Fsp3) is 0.123. The van der Waals surface area contributed by atoms with Gasteiger partial charge in [-0.3, -0.25) is 0 Å². The van der Waals surface area contributed by atoms with Crippen LogP contribution in [-0.4, -0.2) is 7.11 Å². The van der Waals surface area contributed by atoms with Gasteiger partial charge in [-0.05, 0) is 128 Å². The van der Waals surface area contributed by atoms with Crippen molar-refractivity contribution in [3.05, 3.63) is 239 Å². The summed E-state index contributed by atoms with van der Waals surface area (Å²) in [7, 11) is 1.72. The van der Waals surface area contributed by atoms with Gasteiger partial charge in [0.05, 0.1) is 12.5 Å². The van der Waals surface area contributed by atoms with Crippen LogP contribution in [0.4, 0.5) is 17.1 Å². The first-order chi connectivity index (χ1) is 29.1. The molecule has 0 spiro atoms. The Morgan fingerprint density at radius 1 is 0.458 bits per heavy atom. The molecule has 10 rings (SSSR count). The normalized spacial score (nSPS) is 14.0. The summed E-state index contributed by atoms with van der Waals surface area (Å²) in [6, 6.07) is 71.2. The van der Waals surface area contributed by atoms with E-state index in [1.165, 1.54) is 66.8 Å². The summed E-state index contributed by atoms with van der Waals surface area (Å²) < 4.78 is 5.52. The minimum absolute atomic E-state index is 0.106. The maximum absolute atomic E-state index is 5.52. The van der Waals surface area contributed by atoms with Gasteiger partial charge in [0.25, 0.3) is 0 Å². The first kappa shape index (κ1) is 36.4. The molecule has 0 radical (unpaired) electrons. The maximum atomic E-state index is 5.52. The fourth-order valence-corrected chi connectivity index (χ4v) is 10.4. The zero-order chi connectivity index (χ0) is 40.0. The van der Waals surface area contributed by atoms with E-state index >= 15 is 0 Å². The first-order valence-corrected chi connectivity index (χ1v) is 20.9. The first-order valence-electron chi connectivity index (χ1n) is 20.9. The van der Waals surface area contributed by atoms with Crippen molar-refractivity contribution < 1.29 is 4.74 Å². The van der Waals surface area contributed by atoms with E-state index in [0.29, 0.717) is 0 Å². The van der Waals surface area contributed by atoms with Gasteiger partial charge in [0, 0.05) is 22.5 Å². The van der Waals surface area contributed by atoms with Gasteiger partial charge in [-0.1, -0.05) is 172 Å². The van der Waals surface area contributed by atoms with E-state index in [1.54, 1.807) is 7.11 Å². The van der Waals surface area contributed by atoms with Gasteiger partial charge in [0.1, 0.15) is 5.75 Å². The molecule has 2 heteroatoms. The van der Waals surface area contributed by atoms with Crippen molar-refractivity contribution in [2.45, 2.75) is 37.5 Å². The molecular weight excluding hydrogens is 715 g/mol. The molecule has 8 aromatic rings. The Morgan fingerprint density at radius 3 is 1.68 bits per heavy atom. The number of hydrogen-bond donors (Lipinski definition) is 0. The molecular formula is C57H47NO. The van der Waals surface area contributed by atoms with E-state index in [2.05, 4.69) is 213 Å². The van der Waals surface area contributed by atoms with E-state index in [0.717, 1.165) is 35.7 Å². The average Bonchev–Trinajstić information content (AvgIpc) is 3.77. The van der Waals surface area contributed by atoms with Crippen molar-refractivity contribution in [1.82, 2.24) is 0 Å². The van der Waals surface area contributed by atoms with Crippen molar-refractivity contribution in [2.24, 2.45) is 0 Å². The van der Waals surface area contributed by atoms with E-state index in [4.69, 9.17) is 4.74 Å². The van der Waals surface area contributed by atoms with Crippen LogP contribution < -0.4 is 9.64 Å². The van der Waals surface area contributed by atoms with Gasteiger partial charge in [-0.25, -0.2) is 0 Å². The second-order valence-corrected chi connectivity index (χ2v) is 15.8. The van der Waals surface area contributed by atoms with E-state index in [9.17, 15) is 0 Å². The monoisotopic (exact) mass is 761 g/mol. The number of nitrogens with zero attached hydrogens (tertiary/aromatic N) is 1. The third kappa shape index (κ3) is 5.69. The number of methoxy groups -OCH3 is 1. The summed E-state index contributed by atoms with van der Waals surface area (Å²) in [6.07, 6.45) is 6.70. The molecule has 0 saturated heterocycles. The summed E-state index contributed by atoms with van der Waals surface area (Å²) in [5.41, 5.74) is 18.6. The number of para-hydroxylation sites is 1. The Morgan fingerprint density at radius 2 is 1.02 bits per heavy atom. The molecule has 0 amide bonds. The molecule has 0 heterocycles. The number of ether oxygens (including phenoxy) is 1. The smallest absolute Gasteiger partial charge is 0.119 e. The van der Waals surface area contributed by atoms with Gasteiger partial charge in [0.15, 0.2) is 0 Å². The highest BCUT2D eigenvalue weighted by Gasteiger charge is 2.46. The van der Waals surface area contributed by atoms with E-state index < -0.39 is 5.41 Å². The molecule has 0 fully saturated rings. The van der Waals surface area contributed by atoms with Crippen LogP contribution in [0.3, 0.4) is 0 Å². The molecule has 8 aromatic carbocycles.